The Kier molecular flexibility index (Phi) is 6.79. The Labute approximate surface area is 152 Å². The molecule has 136 valence electrons. The molecule has 0 aliphatic carbocycles. The lowest BCUT2D eigenvalue weighted by Gasteiger charge is -2.11. The molecule has 0 radical (unpaired) electrons. The fourth-order valence-corrected chi connectivity index (χ4v) is 2.25. The molecule has 0 bridgehead atoms. The van der Waals surface area contributed by atoms with E-state index in [9.17, 15) is 9.59 Å². The van der Waals surface area contributed by atoms with Gasteiger partial charge in [0.05, 0.1) is 20.8 Å². The van der Waals surface area contributed by atoms with Crippen molar-refractivity contribution >= 4 is 18.0 Å². The van der Waals surface area contributed by atoms with Crippen molar-refractivity contribution in [3.05, 3.63) is 65.4 Å². The van der Waals surface area contributed by atoms with Crippen LogP contribution in [0.2, 0.25) is 0 Å². The van der Waals surface area contributed by atoms with Gasteiger partial charge in [-0.25, -0.2) is 4.79 Å². The molecular weight excluding hydrogens is 334 g/mol. The molecule has 0 aromatic heterocycles. The van der Waals surface area contributed by atoms with Crippen molar-refractivity contribution in [2.75, 3.05) is 20.8 Å². The summed E-state index contributed by atoms with van der Waals surface area (Å²) in [7, 11) is 3.06. The Morgan fingerprint density at radius 3 is 2.31 bits per heavy atom. The van der Waals surface area contributed by atoms with Crippen LogP contribution in [0.25, 0.3) is 6.08 Å². The van der Waals surface area contributed by atoms with Crippen molar-refractivity contribution < 1.29 is 23.8 Å². The highest BCUT2D eigenvalue weighted by Crippen LogP contribution is 2.28. The van der Waals surface area contributed by atoms with Gasteiger partial charge in [0, 0.05) is 5.56 Å². The van der Waals surface area contributed by atoms with E-state index in [4.69, 9.17) is 14.2 Å². The summed E-state index contributed by atoms with van der Waals surface area (Å²) in [6.45, 7) is 1.90. The molecule has 0 saturated carbocycles. The van der Waals surface area contributed by atoms with E-state index in [-0.39, 0.29) is 12.3 Å². The number of benzene rings is 2. The number of rotatable bonds is 7. The first kappa shape index (κ1) is 19.1. The van der Waals surface area contributed by atoms with Gasteiger partial charge in [-0.3, -0.25) is 4.79 Å². The molecule has 0 spiro atoms. The summed E-state index contributed by atoms with van der Waals surface area (Å²) in [5, 5.41) is 2.61. The molecule has 0 unspecified atom stereocenters. The zero-order chi connectivity index (χ0) is 18.9. The fraction of sp³-hybridized carbons (Fsp3) is 0.200. The molecule has 0 aliphatic rings. The van der Waals surface area contributed by atoms with Crippen molar-refractivity contribution in [1.29, 1.82) is 0 Å². The maximum absolute atomic E-state index is 12.4. The van der Waals surface area contributed by atoms with E-state index in [1.54, 1.807) is 49.4 Å². The highest BCUT2D eigenvalue weighted by molar-refractivity contribution is 6.03. The van der Waals surface area contributed by atoms with Crippen LogP contribution in [-0.2, 0) is 9.53 Å². The minimum absolute atomic E-state index is 0.0351. The van der Waals surface area contributed by atoms with E-state index in [0.29, 0.717) is 22.6 Å². The van der Waals surface area contributed by atoms with E-state index < -0.39 is 11.9 Å². The summed E-state index contributed by atoms with van der Waals surface area (Å²) in [5.41, 5.74) is 1.13. The third kappa shape index (κ3) is 4.86. The number of carbonyl (C=O) groups is 2. The lowest BCUT2D eigenvalue weighted by atomic mass is 10.1. The molecule has 2 aromatic carbocycles. The zero-order valence-corrected chi connectivity index (χ0v) is 14.9. The van der Waals surface area contributed by atoms with Crippen molar-refractivity contribution in [2.24, 2.45) is 0 Å². The monoisotopic (exact) mass is 355 g/mol. The highest BCUT2D eigenvalue weighted by Gasteiger charge is 2.16. The van der Waals surface area contributed by atoms with E-state index in [0.717, 1.165) is 0 Å². The van der Waals surface area contributed by atoms with Crippen LogP contribution < -0.4 is 14.8 Å². The number of nitrogens with one attached hydrogen (secondary N) is 1. The van der Waals surface area contributed by atoms with Gasteiger partial charge >= 0.3 is 5.97 Å². The lowest BCUT2D eigenvalue weighted by molar-refractivity contribution is -0.138. The summed E-state index contributed by atoms with van der Waals surface area (Å²) in [6.07, 6.45) is 1.53. The molecule has 6 nitrogen and oxygen atoms in total. The molecule has 2 rings (SSSR count). The maximum atomic E-state index is 12.4. The van der Waals surface area contributed by atoms with Gasteiger partial charge in [-0.1, -0.05) is 24.3 Å². The second-order valence-corrected chi connectivity index (χ2v) is 5.21. The smallest absolute Gasteiger partial charge is 0.354 e. The highest BCUT2D eigenvalue weighted by atomic mass is 16.5. The average Bonchev–Trinajstić information content (AvgIpc) is 2.68. The molecule has 26 heavy (non-hydrogen) atoms. The SMILES string of the molecule is CCOC(=O)/C(=C/c1ccc(OC)c(OC)c1)NC(=O)c1ccccc1. The molecule has 2 aromatic rings. The van der Waals surface area contributed by atoms with Crippen LogP contribution in [0.15, 0.2) is 54.2 Å². The molecule has 0 atom stereocenters. The van der Waals surface area contributed by atoms with Crippen LogP contribution >= 0.6 is 0 Å². The third-order valence-electron chi connectivity index (χ3n) is 3.50. The maximum Gasteiger partial charge on any atom is 0.354 e. The largest absolute Gasteiger partial charge is 0.493 e. The average molecular weight is 355 g/mol. The van der Waals surface area contributed by atoms with Crippen molar-refractivity contribution in [1.82, 2.24) is 5.32 Å². The Balaban J connectivity index is 2.33. The second kappa shape index (κ2) is 9.27. The molecule has 6 heteroatoms. The molecule has 1 amide bonds. The Hall–Kier alpha value is -3.28. The minimum Gasteiger partial charge on any atom is -0.493 e. The first-order chi connectivity index (χ1) is 12.6. The first-order valence-corrected chi connectivity index (χ1v) is 8.06. The van der Waals surface area contributed by atoms with Crippen LogP contribution in [-0.4, -0.2) is 32.7 Å². The van der Waals surface area contributed by atoms with E-state index in [1.807, 2.05) is 6.07 Å². The van der Waals surface area contributed by atoms with Crippen LogP contribution in [0.5, 0.6) is 11.5 Å². The second-order valence-electron chi connectivity index (χ2n) is 5.21. The first-order valence-electron chi connectivity index (χ1n) is 8.06. The Morgan fingerprint density at radius 2 is 1.69 bits per heavy atom. The van der Waals surface area contributed by atoms with Gasteiger partial charge in [0.15, 0.2) is 11.5 Å². The van der Waals surface area contributed by atoms with Crippen molar-refractivity contribution in [3.63, 3.8) is 0 Å². The summed E-state index contributed by atoms with van der Waals surface area (Å²) < 4.78 is 15.5. The van der Waals surface area contributed by atoms with E-state index in [1.165, 1.54) is 20.3 Å². The topological polar surface area (TPSA) is 73.9 Å². The van der Waals surface area contributed by atoms with Crippen LogP contribution in [0.3, 0.4) is 0 Å². The third-order valence-corrected chi connectivity index (χ3v) is 3.50. The van der Waals surface area contributed by atoms with E-state index in [2.05, 4.69) is 5.32 Å². The number of ether oxygens (including phenoxy) is 3. The van der Waals surface area contributed by atoms with Gasteiger partial charge in [-0.05, 0) is 42.8 Å². The Bertz CT molecular complexity index is 799. The summed E-state index contributed by atoms with van der Waals surface area (Å²) in [6, 6.07) is 13.8. The quantitative estimate of drug-likeness (QED) is 0.610. The van der Waals surface area contributed by atoms with Crippen molar-refractivity contribution in [3.8, 4) is 11.5 Å². The molecular formula is C20H21NO5. The fourth-order valence-electron chi connectivity index (χ4n) is 2.25. The number of esters is 1. The predicted molar refractivity (Wildman–Crippen MR) is 98.1 cm³/mol. The van der Waals surface area contributed by atoms with Gasteiger partial charge in [0.2, 0.25) is 0 Å². The van der Waals surface area contributed by atoms with E-state index >= 15 is 0 Å². The molecule has 0 heterocycles. The lowest BCUT2D eigenvalue weighted by Crippen LogP contribution is -2.28. The van der Waals surface area contributed by atoms with Crippen molar-refractivity contribution in [2.45, 2.75) is 6.92 Å². The van der Waals surface area contributed by atoms with Gasteiger partial charge in [0.1, 0.15) is 5.70 Å². The van der Waals surface area contributed by atoms with Crippen LogP contribution in [0.1, 0.15) is 22.8 Å². The standard InChI is InChI=1S/C20H21NO5/c1-4-26-20(23)16(21-19(22)15-8-6-5-7-9-15)12-14-10-11-17(24-2)18(13-14)25-3/h5-13H,4H2,1-3H3,(H,21,22)/b16-12-. The molecule has 0 saturated heterocycles. The summed E-state index contributed by atoms with van der Waals surface area (Å²) >= 11 is 0. The van der Waals surface area contributed by atoms with Gasteiger partial charge in [-0.2, -0.15) is 0 Å². The predicted octanol–water partition coefficient (Wildman–Crippen LogP) is 3.04. The number of carbonyl (C=O) groups excluding carboxylic acids is 2. The van der Waals surface area contributed by atoms with Gasteiger partial charge in [0.25, 0.3) is 5.91 Å². The zero-order valence-electron chi connectivity index (χ0n) is 14.9. The molecule has 1 N–H and O–H groups in total. The van der Waals surface area contributed by atoms with Gasteiger partial charge in [-0.15, -0.1) is 0 Å². The van der Waals surface area contributed by atoms with Crippen LogP contribution in [0, 0.1) is 0 Å². The molecule has 0 aliphatic heterocycles. The number of hydrogen-bond acceptors (Lipinski definition) is 5. The van der Waals surface area contributed by atoms with Crippen LogP contribution in [0.4, 0.5) is 0 Å². The van der Waals surface area contributed by atoms with Gasteiger partial charge < -0.3 is 19.5 Å². The number of methoxy groups -OCH3 is 2. The number of amides is 1. The number of hydrogen-bond donors (Lipinski definition) is 1. The minimum atomic E-state index is -0.619. The molecule has 0 fully saturated rings. The normalized spacial score (nSPS) is 10.8. The Morgan fingerprint density at radius 1 is 1.00 bits per heavy atom. The summed E-state index contributed by atoms with van der Waals surface area (Å²) in [5.74, 6) is 0.0615. The summed E-state index contributed by atoms with van der Waals surface area (Å²) in [4.78, 5) is 24.6.